The fourth-order valence-electron chi connectivity index (χ4n) is 8.95. The minimum atomic E-state index is -0.235. The third-order valence-electron chi connectivity index (χ3n) is 11.8. The Balaban J connectivity index is 0.00000578. The van der Waals surface area contributed by atoms with Crippen molar-refractivity contribution in [2.45, 2.75) is 65.6 Å². The zero-order chi connectivity index (χ0) is 47.7. The van der Waals surface area contributed by atoms with Gasteiger partial charge in [0.25, 0.3) is 0 Å². The van der Waals surface area contributed by atoms with Crippen molar-refractivity contribution in [2.24, 2.45) is 0 Å². The molecule has 0 unspecified atom stereocenters. The van der Waals surface area contributed by atoms with Crippen LogP contribution >= 0.6 is 0 Å². The second-order valence-electron chi connectivity index (χ2n) is 22.1. The lowest BCUT2D eigenvalue weighted by atomic mass is 9.98. The van der Waals surface area contributed by atoms with Gasteiger partial charge in [-0.1, -0.05) is 25.3 Å². The number of allylic oxidation sites excluding steroid dienone is 4. The van der Waals surface area contributed by atoms with Crippen LogP contribution < -0.4 is 95.9 Å². The summed E-state index contributed by atoms with van der Waals surface area (Å²) >= 11 is 0. The number of likely N-dealkylation sites (N-methyl/N-ethyl adjacent to an activating group) is 4. The Kier molecular flexibility index (Phi) is 23.9. The molecule has 0 aliphatic carbocycles. The van der Waals surface area contributed by atoms with Crippen LogP contribution in [0.15, 0.2) is 37.4 Å². The standard InChI is InChI=1S/C52H78N8O4.4HI/c1-19-39-33(3)43-25-44-35(5)41(21-23-51(61)63-37(29-57(7,8)9)30-58(10,11)12)49(55-44)28-50-42(22-24-52(62)64-38(31-59(13,14)15)32-60(16,17)18)36(6)46(56-50)27-48-40(20-2)34(4)45(54-48)26-47(39)53-43;;;;/h19-20,25-28,37-38,53-54H,1-2,21-24,29-32H2,3-18H3;4*1H/q+4;;;;/p-4. The maximum Gasteiger partial charge on any atom is 0.306 e. The van der Waals surface area contributed by atoms with Gasteiger partial charge in [0.1, 0.15) is 26.2 Å². The Morgan fingerprint density at radius 2 is 0.824 bits per heavy atom. The van der Waals surface area contributed by atoms with E-state index >= 15 is 0 Å². The first kappa shape index (κ1) is 63.8. The summed E-state index contributed by atoms with van der Waals surface area (Å²) in [5.41, 5.74) is 14.7. The molecule has 16 heteroatoms. The maximum absolute atomic E-state index is 13.8. The third kappa shape index (κ3) is 17.5. The van der Waals surface area contributed by atoms with E-state index in [1.807, 2.05) is 18.2 Å². The molecule has 8 bridgehead atoms. The summed E-state index contributed by atoms with van der Waals surface area (Å²) in [5.74, 6) is -0.466. The highest BCUT2D eigenvalue weighted by molar-refractivity contribution is 5.97. The Hall–Kier alpha value is -2.22. The largest absolute Gasteiger partial charge is 1.00 e. The van der Waals surface area contributed by atoms with Gasteiger partial charge in [0, 0.05) is 46.0 Å². The quantitative estimate of drug-likeness (QED) is 0.0773. The molecule has 0 aromatic carbocycles. The van der Waals surface area contributed by atoms with Crippen molar-refractivity contribution in [2.75, 3.05) is 111 Å². The highest BCUT2D eigenvalue weighted by Crippen LogP contribution is 2.38. The van der Waals surface area contributed by atoms with Gasteiger partial charge in [0.2, 0.25) is 0 Å². The van der Waals surface area contributed by atoms with Crippen LogP contribution in [0.5, 0.6) is 0 Å². The molecule has 0 spiro atoms. The van der Waals surface area contributed by atoms with E-state index in [-0.39, 0.29) is 133 Å². The number of nitrogens with zero attached hydrogens (tertiary/aromatic N) is 6. The Labute approximate surface area is 475 Å². The molecule has 0 fully saturated rings. The first-order chi connectivity index (χ1) is 29.5. The van der Waals surface area contributed by atoms with E-state index in [4.69, 9.17) is 19.4 Å². The average molecular weight is 1390 g/mol. The van der Waals surface area contributed by atoms with Crippen LogP contribution in [0.4, 0.5) is 0 Å². The van der Waals surface area contributed by atoms with Crippen LogP contribution in [-0.4, -0.2) is 173 Å². The van der Waals surface area contributed by atoms with Crippen molar-refractivity contribution in [3.63, 3.8) is 0 Å². The van der Waals surface area contributed by atoms with E-state index in [0.717, 1.165) is 89.4 Å². The highest BCUT2D eigenvalue weighted by Gasteiger charge is 2.31. The summed E-state index contributed by atoms with van der Waals surface area (Å²) in [6, 6.07) is 8.31. The number of aromatic nitrogens is 4. The SMILES string of the molecule is C=Cc1c(C)c2cc3[nH]c(cc4nc(cc5nc(cc1[nH]2)C(C)=C5CCC(=O)OC(C[N+](C)(C)C)C[N+](C)(C)C)C(CCC(=O)OC(C[N+](C)(C)C)C[N+](C)(C)C)=C4C)c(C)c3C=C.[I-].[I-].[I-].[I-]. The van der Waals surface area contributed by atoms with Gasteiger partial charge >= 0.3 is 11.9 Å². The minimum Gasteiger partial charge on any atom is -1.00 e. The van der Waals surface area contributed by atoms with Gasteiger partial charge in [0.15, 0.2) is 12.2 Å². The van der Waals surface area contributed by atoms with Gasteiger partial charge in [-0.3, -0.25) is 9.59 Å². The van der Waals surface area contributed by atoms with Gasteiger partial charge in [-0.25, -0.2) is 9.97 Å². The number of hydrogen-bond donors (Lipinski definition) is 2. The number of aromatic amines is 2. The van der Waals surface area contributed by atoms with Crippen molar-refractivity contribution in [3.8, 4) is 0 Å². The van der Waals surface area contributed by atoms with Crippen molar-refractivity contribution in [3.05, 3.63) is 82.5 Å². The number of halogens is 4. The number of H-pyrrole nitrogens is 2. The molecule has 5 rings (SSSR count). The van der Waals surface area contributed by atoms with Crippen LogP contribution in [0.1, 0.15) is 84.6 Å². The molecule has 0 saturated carbocycles. The number of fused-ring (bicyclic) bond motifs is 8. The van der Waals surface area contributed by atoms with E-state index in [1.165, 1.54) is 0 Å². The smallest absolute Gasteiger partial charge is 0.306 e. The summed E-state index contributed by atoms with van der Waals surface area (Å²) < 4.78 is 15.2. The summed E-state index contributed by atoms with van der Waals surface area (Å²) in [5, 5.41) is 0. The molecule has 2 N–H and O–H groups in total. The molecule has 2 aliphatic heterocycles. The molecule has 3 aromatic heterocycles. The van der Waals surface area contributed by atoms with E-state index in [2.05, 4.69) is 154 Å². The molecule has 12 nitrogen and oxygen atoms in total. The molecule has 5 heterocycles. The van der Waals surface area contributed by atoms with Crippen molar-refractivity contribution < 1.29 is 133 Å². The number of carbonyl (C=O) groups is 2. The Bertz CT molecular complexity index is 2520. The summed E-state index contributed by atoms with van der Waals surface area (Å²) in [7, 11) is 25.4. The van der Waals surface area contributed by atoms with Crippen LogP contribution in [0, 0.1) is 13.8 Å². The molecular formula is C52H78I4N8O4. The zero-order valence-corrected chi connectivity index (χ0v) is 52.1. The first-order valence-corrected chi connectivity index (χ1v) is 22.6. The normalized spacial score (nSPS) is 13.1. The summed E-state index contributed by atoms with van der Waals surface area (Å²) in [6.07, 6.45) is 4.56. The molecule has 68 heavy (non-hydrogen) atoms. The van der Waals surface area contributed by atoms with Crippen LogP contribution in [-0.2, 0) is 19.1 Å². The Morgan fingerprint density at radius 1 is 0.515 bits per heavy atom. The number of hydrogen-bond acceptors (Lipinski definition) is 6. The lowest BCUT2D eigenvalue weighted by molar-refractivity contribution is -0.895. The zero-order valence-electron chi connectivity index (χ0n) is 43.5. The molecule has 0 amide bonds. The number of carbonyl (C=O) groups excluding carboxylic acids is 2. The van der Waals surface area contributed by atoms with Crippen LogP contribution in [0.25, 0.3) is 56.5 Å². The number of rotatable bonds is 18. The molecule has 0 atom stereocenters. The van der Waals surface area contributed by atoms with Crippen molar-refractivity contribution >= 4 is 68.4 Å². The van der Waals surface area contributed by atoms with E-state index in [9.17, 15) is 9.59 Å². The lowest BCUT2D eigenvalue weighted by Gasteiger charge is -2.33. The maximum atomic E-state index is 13.8. The highest BCUT2D eigenvalue weighted by atomic mass is 127. The molecule has 2 aliphatic rings. The molecule has 0 saturated heterocycles. The van der Waals surface area contributed by atoms with Gasteiger partial charge in [0.05, 0.1) is 107 Å². The summed E-state index contributed by atoms with van der Waals surface area (Å²) in [4.78, 5) is 45.4. The second-order valence-corrected chi connectivity index (χ2v) is 22.1. The predicted octanol–water partition coefficient (Wildman–Crippen LogP) is -3.70. The monoisotopic (exact) mass is 1390 g/mol. The average Bonchev–Trinajstić information content (AvgIpc) is 3.79. The molecule has 0 radical (unpaired) electrons. The van der Waals surface area contributed by atoms with Crippen molar-refractivity contribution in [1.29, 1.82) is 0 Å². The predicted molar refractivity (Wildman–Crippen MR) is 265 cm³/mol. The summed E-state index contributed by atoms with van der Waals surface area (Å²) in [6.45, 7) is 19.5. The molecule has 378 valence electrons. The third-order valence-corrected chi connectivity index (χ3v) is 11.8. The van der Waals surface area contributed by atoms with E-state index in [1.54, 1.807) is 0 Å². The first-order valence-electron chi connectivity index (χ1n) is 22.6. The lowest BCUT2D eigenvalue weighted by Crippen LogP contribution is -3.00. The molecular weight excluding hydrogens is 1310 g/mol. The fourth-order valence-corrected chi connectivity index (χ4v) is 8.95. The second kappa shape index (κ2) is 25.4. The Morgan fingerprint density at radius 3 is 1.15 bits per heavy atom. The van der Waals surface area contributed by atoms with E-state index < -0.39 is 0 Å². The number of aryl methyl sites for hydroxylation is 2. The van der Waals surface area contributed by atoms with Gasteiger partial charge in [-0.2, -0.15) is 0 Å². The minimum absolute atomic E-state index is 0. The van der Waals surface area contributed by atoms with Gasteiger partial charge < -0.3 is 133 Å². The number of nitrogens with one attached hydrogen (secondary N) is 2. The van der Waals surface area contributed by atoms with E-state index in [0.29, 0.717) is 57.0 Å². The van der Waals surface area contributed by atoms with Crippen LogP contribution in [0.2, 0.25) is 0 Å². The van der Waals surface area contributed by atoms with Gasteiger partial charge in [-0.05, 0) is 98.2 Å². The van der Waals surface area contributed by atoms with Crippen LogP contribution in [0.3, 0.4) is 0 Å². The topological polar surface area (TPSA) is 110 Å². The fraction of sp³-hybridized carbons (Fsp3) is 0.500. The van der Waals surface area contributed by atoms with Crippen molar-refractivity contribution in [1.82, 2.24) is 19.9 Å². The van der Waals surface area contributed by atoms with Gasteiger partial charge in [-0.15, -0.1) is 0 Å². The number of esters is 2. The number of ether oxygens (including phenoxy) is 2. The molecule has 3 aromatic rings. The number of quaternary nitrogens is 4.